The smallest absolute Gasteiger partial charge is 0.455 e. The third kappa shape index (κ3) is 6.89. The van der Waals surface area contributed by atoms with Crippen molar-refractivity contribution in [1.29, 1.82) is 0 Å². The monoisotopic (exact) mass is 698 g/mol. The summed E-state index contributed by atoms with van der Waals surface area (Å²) >= 11 is 0. The summed E-state index contributed by atoms with van der Waals surface area (Å²) in [5.41, 5.74) is 6.22. The quantitative estimate of drug-likeness (QED) is 0.0439. The summed E-state index contributed by atoms with van der Waals surface area (Å²) < 4.78 is 12.5. The molecule has 0 spiro atoms. The van der Waals surface area contributed by atoms with E-state index in [0.29, 0.717) is 18.6 Å². The Morgan fingerprint density at radius 3 is 2.35 bits per heavy atom. The molecule has 7 rings (SSSR count). The van der Waals surface area contributed by atoms with Gasteiger partial charge in [-0.15, -0.1) is 0 Å². The van der Waals surface area contributed by atoms with Crippen molar-refractivity contribution in [3.05, 3.63) is 141 Å². The van der Waals surface area contributed by atoms with Crippen LogP contribution in [0.1, 0.15) is 41.5 Å². The number of ether oxygens (including phenoxy) is 1. The first kappa shape index (κ1) is 34.9. The van der Waals surface area contributed by atoms with Gasteiger partial charge in [-0.1, -0.05) is 60.7 Å². The minimum absolute atomic E-state index is 0.122. The van der Waals surface area contributed by atoms with Gasteiger partial charge in [0.05, 0.1) is 28.6 Å². The van der Waals surface area contributed by atoms with Gasteiger partial charge in [0, 0.05) is 12.1 Å². The number of hydrogen-bond donors (Lipinski definition) is 2. The number of phenolic OH excluding ortho intramolecular Hbond substituents is 1. The number of anilines is 1. The van der Waals surface area contributed by atoms with Crippen molar-refractivity contribution in [2.75, 3.05) is 11.5 Å². The van der Waals surface area contributed by atoms with E-state index < -0.39 is 47.7 Å². The normalized spacial score (nSPS) is 21.6. The second kappa shape index (κ2) is 14.6. The van der Waals surface area contributed by atoms with Gasteiger partial charge in [-0.2, -0.15) is 0 Å². The zero-order chi connectivity index (χ0) is 36.5. The van der Waals surface area contributed by atoms with E-state index in [4.69, 9.17) is 9.39 Å². The van der Waals surface area contributed by atoms with Crippen LogP contribution in [-0.2, 0) is 14.2 Å². The summed E-state index contributed by atoms with van der Waals surface area (Å²) in [4.78, 5) is 40.4. The number of imide groups is 1. The fraction of sp³-hybridized carbons (Fsp3) is 0.268. The second-order valence-corrected chi connectivity index (χ2v) is 13.8. The molecule has 2 fully saturated rings. The summed E-state index contributed by atoms with van der Waals surface area (Å²) in [6.45, 7) is 3.91. The number of rotatable bonds is 10. The lowest BCUT2D eigenvalue weighted by Crippen LogP contribution is -2.46. The Bertz CT molecular complexity index is 2060. The number of nitrogens with zero attached hydrogens (tertiary/aromatic N) is 2. The predicted octanol–water partition coefficient (Wildman–Crippen LogP) is 7.32. The van der Waals surface area contributed by atoms with Crippen LogP contribution in [0.5, 0.6) is 11.5 Å². The maximum atomic E-state index is 14.3. The first-order chi connectivity index (χ1) is 25.1. The number of amides is 2. The summed E-state index contributed by atoms with van der Waals surface area (Å²) in [6.07, 6.45) is 2.94. The molecule has 0 unspecified atom stereocenters. The van der Waals surface area contributed by atoms with Crippen LogP contribution >= 0.6 is 0 Å². The first-order valence-electron chi connectivity index (χ1n) is 17.5. The maximum absolute atomic E-state index is 14.3. The van der Waals surface area contributed by atoms with Gasteiger partial charge < -0.3 is 19.5 Å². The molecule has 52 heavy (non-hydrogen) atoms. The van der Waals surface area contributed by atoms with Crippen molar-refractivity contribution in [2.45, 2.75) is 45.5 Å². The number of aromatic hydroxyl groups is 1. The highest BCUT2D eigenvalue weighted by Gasteiger charge is 2.57. The summed E-state index contributed by atoms with van der Waals surface area (Å²) in [5, 5.41) is 33.1. The zero-order valence-electron chi connectivity index (χ0n) is 29.0. The van der Waals surface area contributed by atoms with Crippen molar-refractivity contribution < 1.29 is 34.0 Å². The standard InChI is InChI=1S/C41H39BN2O8/c1-25-18-27(19-26(2)39(25)45)20-29(28-10-5-3-6-11-28)16-17-36-37-30(24-51-33-14-7-4-8-15-33)21-34-38(35(37)23-42(48)52-36)41(47)43(40(34)46)31-12-9-13-32(22-31)44(49)50/h3-15,18-20,22,34-36,38,45,48H,16-17,21,23-24H2,1-2H3/b29-20-/t34-,35+,36-,38-/m1/s1. The third-order valence-electron chi connectivity index (χ3n) is 10.4. The molecule has 4 atom stereocenters. The number of para-hydroxylation sites is 1. The van der Waals surface area contributed by atoms with Crippen LogP contribution in [0.3, 0.4) is 0 Å². The van der Waals surface area contributed by atoms with Gasteiger partial charge in [-0.25, -0.2) is 4.90 Å². The molecule has 4 aromatic carbocycles. The Morgan fingerprint density at radius 2 is 1.65 bits per heavy atom. The lowest BCUT2D eigenvalue weighted by atomic mass is 9.58. The Labute approximate surface area is 302 Å². The molecule has 2 saturated heterocycles. The highest BCUT2D eigenvalue weighted by atomic mass is 16.6. The minimum atomic E-state index is -1.17. The molecule has 0 radical (unpaired) electrons. The lowest BCUT2D eigenvalue weighted by molar-refractivity contribution is -0.384. The largest absolute Gasteiger partial charge is 0.507 e. The lowest BCUT2D eigenvalue weighted by Gasteiger charge is -2.43. The molecule has 2 aliphatic heterocycles. The van der Waals surface area contributed by atoms with Crippen LogP contribution in [0.15, 0.2) is 108 Å². The molecular formula is C41H39BN2O8. The Hall–Kier alpha value is -5.52. The molecule has 4 aromatic rings. The van der Waals surface area contributed by atoms with Crippen LogP contribution < -0.4 is 9.64 Å². The van der Waals surface area contributed by atoms with E-state index >= 15 is 0 Å². The van der Waals surface area contributed by atoms with Gasteiger partial charge in [0.25, 0.3) is 5.69 Å². The molecule has 1 aliphatic carbocycles. The number of carbonyl (C=O) groups excluding carboxylic acids is 2. The van der Waals surface area contributed by atoms with E-state index in [1.54, 1.807) is 0 Å². The van der Waals surface area contributed by atoms with Crippen LogP contribution in [0.2, 0.25) is 6.32 Å². The van der Waals surface area contributed by atoms with E-state index in [-0.39, 0.29) is 36.5 Å². The van der Waals surface area contributed by atoms with Crippen LogP contribution in [0.25, 0.3) is 11.6 Å². The van der Waals surface area contributed by atoms with Gasteiger partial charge in [-0.3, -0.25) is 19.7 Å². The molecule has 2 amide bonds. The number of aryl methyl sites for hydroxylation is 2. The summed E-state index contributed by atoms with van der Waals surface area (Å²) in [6, 6.07) is 28.8. The number of phenols is 1. The maximum Gasteiger partial charge on any atom is 0.455 e. The molecule has 10 nitrogen and oxygen atoms in total. The van der Waals surface area contributed by atoms with Crippen LogP contribution in [-0.4, -0.2) is 46.7 Å². The number of nitro benzene ring substituents is 1. The molecule has 3 aliphatic rings. The summed E-state index contributed by atoms with van der Waals surface area (Å²) in [7, 11) is -1.17. The van der Waals surface area contributed by atoms with Crippen LogP contribution in [0, 0.1) is 41.7 Å². The molecule has 0 bridgehead atoms. The first-order valence-corrected chi connectivity index (χ1v) is 17.5. The van der Waals surface area contributed by atoms with Gasteiger partial charge in [0.15, 0.2) is 0 Å². The van der Waals surface area contributed by atoms with Crippen molar-refractivity contribution in [3.8, 4) is 11.5 Å². The zero-order valence-corrected chi connectivity index (χ0v) is 29.0. The Kier molecular flexibility index (Phi) is 9.81. The topological polar surface area (TPSA) is 139 Å². The minimum Gasteiger partial charge on any atom is -0.507 e. The SMILES string of the molecule is Cc1cc(/C=C(/CC[C@H]2OB(O)C[C@H]3C2=C(COc2ccccc2)C[C@H]2C(=O)N(c4cccc([N+](=O)[O-])c4)C(=O)[C@H]23)c2ccccc2)cc(C)c1O. The Morgan fingerprint density at radius 1 is 0.962 bits per heavy atom. The fourth-order valence-corrected chi connectivity index (χ4v) is 8.10. The number of nitro groups is 1. The second-order valence-electron chi connectivity index (χ2n) is 13.8. The molecule has 2 heterocycles. The van der Waals surface area contributed by atoms with Gasteiger partial charge >= 0.3 is 7.12 Å². The van der Waals surface area contributed by atoms with Gasteiger partial charge in [0.1, 0.15) is 18.1 Å². The number of carbonyl (C=O) groups is 2. The predicted molar refractivity (Wildman–Crippen MR) is 198 cm³/mol. The van der Waals surface area contributed by atoms with E-state index in [2.05, 4.69) is 6.08 Å². The average Bonchev–Trinajstić information content (AvgIpc) is 3.40. The average molecular weight is 699 g/mol. The van der Waals surface area contributed by atoms with E-state index in [9.17, 15) is 29.8 Å². The van der Waals surface area contributed by atoms with Crippen molar-refractivity contribution in [1.82, 2.24) is 0 Å². The fourth-order valence-electron chi connectivity index (χ4n) is 8.10. The van der Waals surface area contributed by atoms with Crippen LogP contribution in [0.4, 0.5) is 11.4 Å². The molecular weight excluding hydrogens is 659 g/mol. The molecule has 0 saturated carbocycles. The van der Waals surface area contributed by atoms with Crippen molar-refractivity contribution in [2.24, 2.45) is 17.8 Å². The van der Waals surface area contributed by atoms with Gasteiger partial charge in [0.2, 0.25) is 11.8 Å². The van der Waals surface area contributed by atoms with E-state index in [1.165, 1.54) is 24.3 Å². The molecule has 264 valence electrons. The van der Waals surface area contributed by atoms with Crippen molar-refractivity contribution >= 4 is 42.0 Å². The van der Waals surface area contributed by atoms with Crippen molar-refractivity contribution in [3.63, 3.8) is 0 Å². The number of non-ortho nitro benzene ring substituents is 1. The highest BCUT2D eigenvalue weighted by molar-refractivity contribution is 6.43. The third-order valence-corrected chi connectivity index (χ3v) is 10.4. The summed E-state index contributed by atoms with van der Waals surface area (Å²) in [5.74, 6) is -1.92. The molecule has 0 aromatic heterocycles. The number of hydrogen-bond acceptors (Lipinski definition) is 8. The van der Waals surface area contributed by atoms with E-state index in [1.807, 2.05) is 86.6 Å². The number of allylic oxidation sites excluding steroid dienone is 1. The molecule has 11 heteroatoms. The van der Waals surface area contributed by atoms with Gasteiger partial charge in [-0.05, 0) is 115 Å². The highest BCUT2D eigenvalue weighted by Crippen LogP contribution is 2.51. The number of fused-ring (bicyclic) bond motifs is 3. The van der Waals surface area contributed by atoms with E-state index in [0.717, 1.165) is 43.9 Å². The Balaban J connectivity index is 1.25. The number of benzene rings is 4. The molecule has 2 N–H and O–H groups in total.